The number of anilines is 1. The van der Waals surface area contributed by atoms with Crippen LogP contribution in [0.15, 0.2) is 48.1 Å². The summed E-state index contributed by atoms with van der Waals surface area (Å²) in [5, 5.41) is 5.59. The Bertz CT molecular complexity index is 842. The highest BCUT2D eigenvalue weighted by Gasteiger charge is 2.15. The zero-order valence-corrected chi connectivity index (χ0v) is 12.9. The minimum atomic E-state index is -0.117. The Morgan fingerprint density at radius 2 is 2.09 bits per heavy atom. The predicted molar refractivity (Wildman–Crippen MR) is 86.3 cm³/mol. The molecule has 116 valence electrons. The van der Waals surface area contributed by atoms with E-state index in [-0.39, 0.29) is 19.1 Å². The van der Waals surface area contributed by atoms with Crippen molar-refractivity contribution in [1.29, 1.82) is 0 Å². The van der Waals surface area contributed by atoms with Crippen molar-refractivity contribution >= 4 is 22.9 Å². The van der Waals surface area contributed by atoms with Crippen molar-refractivity contribution in [2.45, 2.75) is 6.42 Å². The molecule has 0 unspecified atom stereocenters. The molecule has 0 atom stereocenters. The zero-order chi connectivity index (χ0) is 15.6. The van der Waals surface area contributed by atoms with Crippen LogP contribution in [0.2, 0.25) is 0 Å². The Kier molecular flexibility index (Phi) is 3.47. The van der Waals surface area contributed by atoms with Gasteiger partial charge in [0.2, 0.25) is 12.7 Å². The lowest BCUT2D eigenvalue weighted by atomic mass is 10.2. The number of hydrogen-bond acceptors (Lipinski definition) is 5. The summed E-state index contributed by atoms with van der Waals surface area (Å²) in [6, 6.07) is 9.20. The van der Waals surface area contributed by atoms with Crippen molar-refractivity contribution in [2.75, 3.05) is 12.1 Å². The van der Waals surface area contributed by atoms with Gasteiger partial charge in [0.25, 0.3) is 0 Å². The molecule has 0 radical (unpaired) electrons. The van der Waals surface area contributed by atoms with E-state index in [0.29, 0.717) is 17.2 Å². The number of nitrogens with zero attached hydrogens (tertiary/aromatic N) is 2. The molecule has 4 rings (SSSR count). The summed E-state index contributed by atoms with van der Waals surface area (Å²) in [5.74, 6) is 1.22. The molecule has 0 saturated carbocycles. The van der Waals surface area contributed by atoms with E-state index in [2.05, 4.69) is 10.3 Å². The second kappa shape index (κ2) is 5.77. The van der Waals surface area contributed by atoms with E-state index < -0.39 is 0 Å². The van der Waals surface area contributed by atoms with Crippen LogP contribution in [0.25, 0.3) is 5.13 Å². The van der Waals surface area contributed by atoms with Gasteiger partial charge < -0.3 is 19.4 Å². The van der Waals surface area contributed by atoms with E-state index >= 15 is 0 Å². The van der Waals surface area contributed by atoms with Crippen molar-refractivity contribution in [3.8, 4) is 16.6 Å². The van der Waals surface area contributed by atoms with Gasteiger partial charge >= 0.3 is 0 Å². The number of rotatable bonds is 4. The summed E-state index contributed by atoms with van der Waals surface area (Å²) in [5.41, 5.74) is 1.43. The molecule has 2 aromatic heterocycles. The molecule has 1 amide bonds. The molecule has 1 aromatic carbocycles. The summed E-state index contributed by atoms with van der Waals surface area (Å²) < 4.78 is 12.5. The fourth-order valence-corrected chi connectivity index (χ4v) is 3.09. The molecule has 0 saturated heterocycles. The quantitative estimate of drug-likeness (QED) is 0.800. The lowest BCUT2D eigenvalue weighted by Crippen LogP contribution is -2.14. The van der Waals surface area contributed by atoms with Crippen LogP contribution < -0.4 is 14.8 Å². The Morgan fingerprint density at radius 1 is 1.26 bits per heavy atom. The first-order valence-electron chi connectivity index (χ1n) is 7.05. The van der Waals surface area contributed by atoms with Crippen LogP contribution in [0, 0.1) is 0 Å². The van der Waals surface area contributed by atoms with E-state index in [1.807, 2.05) is 34.5 Å². The Labute approximate surface area is 136 Å². The highest BCUT2D eigenvalue weighted by Crippen LogP contribution is 2.34. The van der Waals surface area contributed by atoms with Gasteiger partial charge in [-0.05, 0) is 24.3 Å². The lowest BCUT2D eigenvalue weighted by molar-refractivity contribution is -0.115. The molecule has 1 N–H and O–H groups in total. The normalized spacial score (nSPS) is 12.3. The molecule has 3 aromatic rings. The van der Waals surface area contributed by atoms with Crippen LogP contribution >= 0.6 is 11.3 Å². The molecule has 23 heavy (non-hydrogen) atoms. The van der Waals surface area contributed by atoms with Crippen LogP contribution in [-0.4, -0.2) is 22.3 Å². The smallest absolute Gasteiger partial charge is 0.231 e. The predicted octanol–water partition coefficient (Wildman–Crippen LogP) is 2.84. The number of aromatic nitrogens is 2. The number of benzene rings is 1. The van der Waals surface area contributed by atoms with Gasteiger partial charge in [-0.2, -0.15) is 0 Å². The van der Waals surface area contributed by atoms with Gasteiger partial charge in [-0.3, -0.25) is 4.79 Å². The van der Waals surface area contributed by atoms with Crippen LogP contribution in [0.4, 0.5) is 5.69 Å². The van der Waals surface area contributed by atoms with Crippen molar-refractivity contribution in [3.63, 3.8) is 0 Å². The van der Waals surface area contributed by atoms with E-state index in [0.717, 1.165) is 10.8 Å². The van der Waals surface area contributed by atoms with E-state index in [4.69, 9.17) is 9.47 Å². The average molecular weight is 327 g/mol. The molecule has 0 spiro atoms. The molecule has 0 bridgehead atoms. The maximum absolute atomic E-state index is 12.2. The molecule has 0 fully saturated rings. The third-order valence-corrected chi connectivity index (χ3v) is 4.27. The molecular weight excluding hydrogens is 314 g/mol. The van der Waals surface area contributed by atoms with Gasteiger partial charge in [0.05, 0.1) is 12.1 Å². The first kappa shape index (κ1) is 13.8. The van der Waals surface area contributed by atoms with Gasteiger partial charge in [-0.25, -0.2) is 4.98 Å². The third kappa shape index (κ3) is 2.91. The highest BCUT2D eigenvalue weighted by atomic mass is 32.1. The summed E-state index contributed by atoms with van der Waals surface area (Å²) in [6.45, 7) is 0.216. The third-order valence-electron chi connectivity index (χ3n) is 3.36. The fourth-order valence-electron chi connectivity index (χ4n) is 2.30. The standard InChI is InChI=1S/C16H13N3O3S/c20-15(17-11-3-4-13-14(7-11)22-10-21-13)8-12-9-23-16(18-12)19-5-1-2-6-19/h1-7,9H,8,10H2,(H,17,20). The minimum Gasteiger partial charge on any atom is -0.454 e. The van der Waals surface area contributed by atoms with Crippen molar-refractivity contribution in [2.24, 2.45) is 0 Å². The first-order chi connectivity index (χ1) is 11.3. The van der Waals surface area contributed by atoms with Crippen molar-refractivity contribution < 1.29 is 14.3 Å². The summed E-state index contributed by atoms with van der Waals surface area (Å²) in [6.07, 6.45) is 4.08. The van der Waals surface area contributed by atoms with Gasteiger partial charge in [0.15, 0.2) is 16.6 Å². The van der Waals surface area contributed by atoms with E-state index in [9.17, 15) is 4.79 Å². The van der Waals surface area contributed by atoms with Crippen LogP contribution in [0.5, 0.6) is 11.5 Å². The summed E-state index contributed by atoms with van der Waals surface area (Å²) >= 11 is 1.51. The number of carbonyl (C=O) groups is 1. The average Bonchev–Trinajstić information content (AvgIpc) is 3.27. The number of hydrogen-bond donors (Lipinski definition) is 1. The first-order valence-corrected chi connectivity index (χ1v) is 7.93. The molecule has 0 aliphatic carbocycles. The number of carbonyl (C=O) groups excluding carboxylic acids is 1. The van der Waals surface area contributed by atoms with Gasteiger partial charge in [-0.1, -0.05) is 0 Å². The Balaban J connectivity index is 1.42. The number of ether oxygens (including phenoxy) is 2. The molecule has 3 heterocycles. The maximum atomic E-state index is 12.2. The highest BCUT2D eigenvalue weighted by molar-refractivity contribution is 7.12. The SMILES string of the molecule is O=C(Cc1csc(-n2cccc2)n1)Nc1ccc2c(c1)OCO2. The van der Waals surface area contributed by atoms with Crippen molar-refractivity contribution in [3.05, 3.63) is 53.8 Å². The monoisotopic (exact) mass is 327 g/mol. The van der Waals surface area contributed by atoms with Crippen LogP contribution in [0.1, 0.15) is 5.69 Å². The number of thiazole rings is 1. The number of amides is 1. The molecule has 1 aliphatic heterocycles. The zero-order valence-electron chi connectivity index (χ0n) is 12.1. The molecular formula is C16H13N3O3S. The number of nitrogens with one attached hydrogen (secondary N) is 1. The fraction of sp³-hybridized carbons (Fsp3) is 0.125. The Morgan fingerprint density at radius 3 is 2.96 bits per heavy atom. The topological polar surface area (TPSA) is 65.4 Å². The molecule has 1 aliphatic rings. The Hall–Kier alpha value is -2.80. The van der Waals surface area contributed by atoms with E-state index in [1.54, 1.807) is 18.2 Å². The second-order valence-electron chi connectivity index (χ2n) is 5.00. The van der Waals surface area contributed by atoms with Crippen LogP contribution in [-0.2, 0) is 11.2 Å². The minimum absolute atomic E-state index is 0.117. The van der Waals surface area contributed by atoms with Gasteiger partial charge in [0, 0.05) is 29.5 Å². The van der Waals surface area contributed by atoms with Gasteiger partial charge in [0.1, 0.15) is 0 Å². The lowest BCUT2D eigenvalue weighted by Gasteiger charge is -2.05. The molecule has 6 nitrogen and oxygen atoms in total. The largest absolute Gasteiger partial charge is 0.454 e. The second-order valence-corrected chi connectivity index (χ2v) is 5.84. The number of fused-ring (bicyclic) bond motifs is 1. The van der Waals surface area contributed by atoms with Gasteiger partial charge in [-0.15, -0.1) is 11.3 Å². The van der Waals surface area contributed by atoms with Crippen molar-refractivity contribution in [1.82, 2.24) is 9.55 Å². The summed E-state index contributed by atoms with van der Waals surface area (Å²) in [7, 11) is 0. The summed E-state index contributed by atoms with van der Waals surface area (Å²) in [4.78, 5) is 16.6. The maximum Gasteiger partial charge on any atom is 0.231 e. The van der Waals surface area contributed by atoms with E-state index in [1.165, 1.54) is 11.3 Å². The van der Waals surface area contributed by atoms with Crippen LogP contribution in [0.3, 0.4) is 0 Å². The molecule has 7 heteroatoms.